The van der Waals surface area contributed by atoms with Crippen LogP contribution in [0.3, 0.4) is 0 Å². The lowest BCUT2D eigenvalue weighted by Crippen LogP contribution is -2.55. The van der Waals surface area contributed by atoms with Gasteiger partial charge in [0, 0.05) is 31.2 Å². The van der Waals surface area contributed by atoms with E-state index in [1.165, 1.54) is 25.8 Å². The highest BCUT2D eigenvalue weighted by molar-refractivity contribution is 4.89. The van der Waals surface area contributed by atoms with E-state index in [4.69, 9.17) is 4.74 Å². The zero-order valence-corrected chi connectivity index (χ0v) is 15.5. The Morgan fingerprint density at radius 2 is 1.76 bits per heavy atom. The van der Waals surface area contributed by atoms with Gasteiger partial charge >= 0.3 is 0 Å². The monoisotopic (exact) mass is 298 g/mol. The zero-order valence-electron chi connectivity index (χ0n) is 15.5. The molecule has 0 aromatic heterocycles. The molecule has 0 radical (unpaired) electrons. The molecule has 0 spiro atoms. The molecule has 2 unspecified atom stereocenters. The van der Waals surface area contributed by atoms with Crippen molar-refractivity contribution in [2.45, 2.75) is 85.4 Å². The summed E-state index contributed by atoms with van der Waals surface area (Å²) in [5.41, 5.74) is 0.565. The van der Waals surface area contributed by atoms with E-state index in [0.717, 1.165) is 19.7 Å². The fraction of sp³-hybridized carbons (Fsp3) is 1.00. The largest absolute Gasteiger partial charge is 0.376 e. The van der Waals surface area contributed by atoms with Gasteiger partial charge in [0.1, 0.15) is 0 Å². The van der Waals surface area contributed by atoms with Gasteiger partial charge < -0.3 is 10.1 Å². The van der Waals surface area contributed by atoms with Gasteiger partial charge in [0.2, 0.25) is 0 Å². The number of nitrogens with one attached hydrogen (secondary N) is 1. The van der Waals surface area contributed by atoms with Gasteiger partial charge in [-0.15, -0.1) is 0 Å². The molecule has 3 nitrogen and oxygen atoms in total. The third-order valence-corrected chi connectivity index (χ3v) is 5.08. The van der Waals surface area contributed by atoms with Crippen LogP contribution in [0, 0.1) is 5.41 Å². The van der Waals surface area contributed by atoms with E-state index in [1.54, 1.807) is 0 Å². The van der Waals surface area contributed by atoms with Gasteiger partial charge in [-0.3, -0.25) is 4.90 Å². The molecule has 3 heteroatoms. The number of hydrogen-bond acceptors (Lipinski definition) is 3. The molecule has 1 saturated heterocycles. The van der Waals surface area contributed by atoms with Gasteiger partial charge in [-0.2, -0.15) is 0 Å². The molecule has 1 aliphatic heterocycles. The second-order valence-corrected chi connectivity index (χ2v) is 7.95. The van der Waals surface area contributed by atoms with E-state index in [0.29, 0.717) is 17.6 Å². The van der Waals surface area contributed by atoms with Gasteiger partial charge in [0.25, 0.3) is 0 Å². The first kappa shape index (κ1) is 18.9. The minimum atomic E-state index is 0.193. The SMILES string of the molecule is CCC1COC(C)CN1CC(CC)(CC)CNC(C)(C)C. The quantitative estimate of drug-likeness (QED) is 0.776. The fourth-order valence-corrected chi connectivity index (χ4v) is 3.15. The molecule has 1 rings (SSSR count). The van der Waals surface area contributed by atoms with Crippen molar-refractivity contribution < 1.29 is 4.74 Å². The fourth-order valence-electron chi connectivity index (χ4n) is 3.15. The maximum atomic E-state index is 5.85. The van der Waals surface area contributed by atoms with Crippen LogP contribution < -0.4 is 5.32 Å². The van der Waals surface area contributed by atoms with Crippen LogP contribution in [0.2, 0.25) is 0 Å². The molecule has 2 atom stereocenters. The molecule has 1 fully saturated rings. The molecule has 0 aliphatic carbocycles. The molecule has 1 heterocycles. The lowest BCUT2D eigenvalue weighted by molar-refractivity contribution is -0.0706. The van der Waals surface area contributed by atoms with Crippen molar-refractivity contribution in [1.82, 2.24) is 10.2 Å². The minimum Gasteiger partial charge on any atom is -0.376 e. The summed E-state index contributed by atoms with van der Waals surface area (Å²) in [6.07, 6.45) is 4.02. The van der Waals surface area contributed by atoms with Crippen LogP contribution in [0.5, 0.6) is 0 Å². The Kier molecular flexibility index (Phi) is 7.15. The van der Waals surface area contributed by atoms with Crippen LogP contribution in [-0.4, -0.2) is 48.8 Å². The van der Waals surface area contributed by atoms with Crippen molar-refractivity contribution in [2.24, 2.45) is 5.41 Å². The average molecular weight is 299 g/mol. The van der Waals surface area contributed by atoms with E-state index in [2.05, 4.69) is 58.7 Å². The standard InChI is InChI=1S/C18H38N2O/c1-8-16-12-21-15(4)11-20(16)14-18(9-2,10-3)13-19-17(5,6)7/h15-16,19H,8-14H2,1-7H3. The first-order valence-electron chi connectivity index (χ1n) is 8.86. The predicted molar refractivity (Wildman–Crippen MR) is 91.8 cm³/mol. The van der Waals surface area contributed by atoms with Crippen molar-refractivity contribution in [3.8, 4) is 0 Å². The van der Waals surface area contributed by atoms with Crippen molar-refractivity contribution in [2.75, 3.05) is 26.2 Å². The summed E-state index contributed by atoms with van der Waals surface area (Å²) in [4.78, 5) is 2.69. The van der Waals surface area contributed by atoms with Gasteiger partial charge in [-0.25, -0.2) is 0 Å². The molecule has 21 heavy (non-hydrogen) atoms. The Bertz CT molecular complexity index is 294. The van der Waals surface area contributed by atoms with Gasteiger partial charge in [-0.05, 0) is 52.4 Å². The third-order valence-electron chi connectivity index (χ3n) is 5.08. The summed E-state index contributed by atoms with van der Waals surface area (Å²) in [6, 6.07) is 0.591. The zero-order chi connectivity index (χ0) is 16.1. The lowest BCUT2D eigenvalue weighted by Gasteiger charge is -2.45. The Balaban J connectivity index is 2.74. The molecular weight excluding hydrogens is 260 g/mol. The summed E-state index contributed by atoms with van der Waals surface area (Å²) >= 11 is 0. The minimum absolute atomic E-state index is 0.193. The van der Waals surface area contributed by atoms with Crippen molar-refractivity contribution >= 4 is 0 Å². The third kappa shape index (κ3) is 5.88. The molecule has 0 amide bonds. The smallest absolute Gasteiger partial charge is 0.0674 e. The topological polar surface area (TPSA) is 24.5 Å². The first-order chi connectivity index (χ1) is 9.75. The van der Waals surface area contributed by atoms with E-state index in [1.807, 2.05) is 0 Å². The van der Waals surface area contributed by atoms with Gasteiger partial charge in [-0.1, -0.05) is 20.8 Å². The highest BCUT2D eigenvalue weighted by atomic mass is 16.5. The molecule has 126 valence electrons. The summed E-state index contributed by atoms with van der Waals surface area (Å²) in [5.74, 6) is 0. The van der Waals surface area contributed by atoms with Crippen molar-refractivity contribution in [3.05, 3.63) is 0 Å². The highest BCUT2D eigenvalue weighted by Crippen LogP contribution is 2.30. The molecule has 1 aliphatic rings. The number of morpholine rings is 1. The summed E-state index contributed by atoms with van der Waals surface area (Å²) in [6.45, 7) is 20.2. The number of hydrogen-bond donors (Lipinski definition) is 1. The van der Waals surface area contributed by atoms with Crippen LogP contribution in [-0.2, 0) is 4.74 Å². The molecule has 0 bridgehead atoms. The second kappa shape index (κ2) is 7.94. The Hall–Kier alpha value is -0.120. The maximum absolute atomic E-state index is 5.85. The predicted octanol–water partition coefficient (Wildman–Crippen LogP) is 3.68. The van der Waals surface area contributed by atoms with E-state index < -0.39 is 0 Å². The molecule has 0 aromatic carbocycles. The van der Waals surface area contributed by atoms with E-state index in [-0.39, 0.29) is 5.54 Å². The van der Waals surface area contributed by atoms with Crippen LogP contribution in [0.1, 0.15) is 67.7 Å². The normalized spacial score (nSPS) is 25.3. The van der Waals surface area contributed by atoms with Crippen LogP contribution in [0.4, 0.5) is 0 Å². The molecule has 1 N–H and O–H groups in total. The Morgan fingerprint density at radius 1 is 1.14 bits per heavy atom. The van der Waals surface area contributed by atoms with Crippen LogP contribution in [0.25, 0.3) is 0 Å². The van der Waals surface area contributed by atoms with Crippen LogP contribution >= 0.6 is 0 Å². The summed E-state index contributed by atoms with van der Waals surface area (Å²) in [5, 5.41) is 3.74. The highest BCUT2D eigenvalue weighted by Gasteiger charge is 2.34. The van der Waals surface area contributed by atoms with Crippen molar-refractivity contribution in [3.63, 3.8) is 0 Å². The molecular formula is C18H38N2O. The number of rotatable bonds is 7. The van der Waals surface area contributed by atoms with Gasteiger partial charge in [0.15, 0.2) is 0 Å². The van der Waals surface area contributed by atoms with E-state index in [9.17, 15) is 0 Å². The van der Waals surface area contributed by atoms with Crippen molar-refractivity contribution in [1.29, 1.82) is 0 Å². The second-order valence-electron chi connectivity index (χ2n) is 7.95. The first-order valence-corrected chi connectivity index (χ1v) is 8.86. The van der Waals surface area contributed by atoms with E-state index >= 15 is 0 Å². The molecule has 0 saturated carbocycles. The lowest BCUT2D eigenvalue weighted by atomic mass is 9.80. The average Bonchev–Trinajstić information content (AvgIpc) is 2.43. The Morgan fingerprint density at radius 3 is 2.24 bits per heavy atom. The van der Waals surface area contributed by atoms with Gasteiger partial charge in [0.05, 0.1) is 12.7 Å². The molecule has 0 aromatic rings. The Labute approximate surface area is 132 Å². The summed E-state index contributed by atoms with van der Waals surface area (Å²) < 4.78 is 5.85. The summed E-state index contributed by atoms with van der Waals surface area (Å²) in [7, 11) is 0. The maximum Gasteiger partial charge on any atom is 0.0674 e. The number of nitrogens with zero attached hydrogens (tertiary/aromatic N) is 1. The van der Waals surface area contributed by atoms with Crippen LogP contribution in [0.15, 0.2) is 0 Å². The number of ether oxygens (including phenoxy) is 1.